The van der Waals surface area contributed by atoms with Crippen LogP contribution in [0.2, 0.25) is 0 Å². The van der Waals surface area contributed by atoms with Crippen LogP contribution >= 0.6 is 0 Å². The molecule has 2 heterocycles. The first-order valence-electron chi connectivity index (χ1n) is 13.6. The van der Waals surface area contributed by atoms with E-state index in [-0.39, 0.29) is 21.9 Å². The summed E-state index contributed by atoms with van der Waals surface area (Å²) in [5, 5.41) is 19.8. The van der Waals surface area contributed by atoms with Crippen molar-refractivity contribution in [3.05, 3.63) is 58.8 Å². The summed E-state index contributed by atoms with van der Waals surface area (Å²) in [6, 6.07) is 12.4. The molecule has 1 saturated carbocycles. The number of carbonyl (C=O) groups is 1. The summed E-state index contributed by atoms with van der Waals surface area (Å²) in [6.07, 6.45) is 6.22. The molecule has 3 aromatic rings. The van der Waals surface area contributed by atoms with Gasteiger partial charge in [0.1, 0.15) is 16.3 Å². The summed E-state index contributed by atoms with van der Waals surface area (Å²) in [6.45, 7) is 5.98. The molecule has 40 heavy (non-hydrogen) atoms. The topological polar surface area (TPSA) is 143 Å². The van der Waals surface area contributed by atoms with Crippen LogP contribution in [0.25, 0.3) is 22.5 Å². The van der Waals surface area contributed by atoms with Crippen LogP contribution < -0.4 is 5.14 Å². The number of carbonyl (C=O) groups excluding carboxylic acids is 1. The van der Waals surface area contributed by atoms with Gasteiger partial charge in [0, 0.05) is 28.7 Å². The fraction of sp³-hybridized carbons (Fsp3) is 0.400. The predicted molar refractivity (Wildman–Crippen MR) is 152 cm³/mol. The van der Waals surface area contributed by atoms with E-state index in [1.165, 1.54) is 0 Å². The van der Waals surface area contributed by atoms with E-state index in [1.807, 2.05) is 6.07 Å². The van der Waals surface area contributed by atoms with E-state index in [4.69, 9.17) is 14.7 Å². The Morgan fingerprint density at radius 3 is 2.48 bits per heavy atom. The maximum atomic E-state index is 13.6. The van der Waals surface area contributed by atoms with Gasteiger partial charge in [-0.25, -0.2) is 13.6 Å². The molecule has 0 bridgehead atoms. The molecule has 1 amide bonds. The SMILES string of the molecule is CCCCC1=NC2(CCCC2)C(=O)N1Cc1ccc(-c2cccc(-c3onc(C)c3C)c2S(N)(=O)=O)c(C#N)c1. The Labute approximate surface area is 234 Å². The monoisotopic (exact) mass is 559 g/mol. The van der Waals surface area contributed by atoms with E-state index in [1.54, 1.807) is 49.1 Å². The number of nitrogens with two attached hydrogens (primary N) is 1. The molecule has 2 N–H and O–H groups in total. The van der Waals surface area contributed by atoms with Crippen LogP contribution in [0.3, 0.4) is 0 Å². The summed E-state index contributed by atoms with van der Waals surface area (Å²) in [4.78, 5) is 20.1. The number of nitriles is 1. The number of aromatic nitrogens is 1. The van der Waals surface area contributed by atoms with Gasteiger partial charge in [-0.05, 0) is 50.8 Å². The van der Waals surface area contributed by atoms with Crippen molar-refractivity contribution in [2.24, 2.45) is 10.1 Å². The second-order valence-corrected chi connectivity index (χ2v) is 12.2. The molecule has 9 nitrogen and oxygen atoms in total. The number of hydrogen-bond acceptors (Lipinski definition) is 7. The largest absolute Gasteiger partial charge is 0.356 e. The summed E-state index contributed by atoms with van der Waals surface area (Å²) in [5.74, 6) is 1.17. The van der Waals surface area contributed by atoms with Gasteiger partial charge in [0.25, 0.3) is 5.91 Å². The Morgan fingerprint density at radius 1 is 1.12 bits per heavy atom. The van der Waals surface area contributed by atoms with Crippen LogP contribution in [-0.4, -0.2) is 35.8 Å². The number of aliphatic imine (C=N–C) groups is 1. The molecule has 208 valence electrons. The Balaban J connectivity index is 1.55. The van der Waals surface area contributed by atoms with Crippen molar-refractivity contribution >= 4 is 21.8 Å². The van der Waals surface area contributed by atoms with Crippen molar-refractivity contribution in [2.75, 3.05) is 0 Å². The molecule has 2 aliphatic rings. The number of hydrogen-bond donors (Lipinski definition) is 1. The highest BCUT2D eigenvalue weighted by Gasteiger charge is 2.49. The maximum Gasteiger partial charge on any atom is 0.256 e. The van der Waals surface area contributed by atoms with Gasteiger partial charge in [-0.15, -0.1) is 0 Å². The van der Waals surface area contributed by atoms with Crippen LogP contribution in [0.15, 0.2) is 50.8 Å². The highest BCUT2D eigenvalue weighted by molar-refractivity contribution is 7.89. The molecule has 2 aromatic carbocycles. The average molecular weight is 560 g/mol. The molecule has 5 rings (SSSR count). The van der Waals surface area contributed by atoms with E-state index in [0.29, 0.717) is 34.7 Å². The van der Waals surface area contributed by atoms with Crippen LogP contribution in [0.1, 0.15) is 74.3 Å². The predicted octanol–water partition coefficient (Wildman–Crippen LogP) is 5.39. The molecule has 10 heteroatoms. The number of unbranched alkanes of at least 4 members (excludes halogenated alkanes) is 1. The lowest BCUT2D eigenvalue weighted by Gasteiger charge is -2.23. The highest BCUT2D eigenvalue weighted by atomic mass is 32.2. The zero-order valence-electron chi connectivity index (χ0n) is 23.0. The van der Waals surface area contributed by atoms with Crippen LogP contribution in [0, 0.1) is 25.2 Å². The maximum absolute atomic E-state index is 13.6. The molecule has 0 unspecified atom stereocenters. The molecular formula is C30H33N5O4S. The third-order valence-electron chi connectivity index (χ3n) is 8.02. The van der Waals surface area contributed by atoms with Crippen LogP contribution in [0.5, 0.6) is 0 Å². The second kappa shape index (κ2) is 10.6. The first-order valence-corrected chi connectivity index (χ1v) is 15.2. The van der Waals surface area contributed by atoms with E-state index < -0.39 is 15.6 Å². The standard InChI is InChI=1S/C30H33N5O4S/c1-4-5-11-26-33-30(14-6-7-15-30)29(36)35(26)18-21-12-13-23(22(16-21)17-31)24-9-8-10-25(28(24)40(32,37)38)27-19(2)20(3)34-39-27/h8-10,12-13,16H,4-7,11,14-15,18H2,1-3H3,(H2,32,37,38). The van der Waals surface area contributed by atoms with Crippen molar-refractivity contribution in [2.45, 2.75) is 82.7 Å². The second-order valence-electron chi connectivity index (χ2n) is 10.7. The number of aryl methyl sites for hydroxylation is 1. The van der Waals surface area contributed by atoms with Crippen molar-refractivity contribution in [3.8, 4) is 28.5 Å². The molecule has 0 saturated heterocycles. The molecule has 1 aliphatic heterocycles. The van der Waals surface area contributed by atoms with Crippen molar-refractivity contribution in [1.29, 1.82) is 5.26 Å². The number of sulfonamides is 1. The van der Waals surface area contributed by atoms with E-state index in [2.05, 4.69) is 18.1 Å². The van der Waals surface area contributed by atoms with Gasteiger partial charge >= 0.3 is 0 Å². The fourth-order valence-corrected chi connectivity index (χ4v) is 6.75. The summed E-state index contributed by atoms with van der Waals surface area (Å²) in [5.41, 5.74) is 2.75. The molecule has 1 aliphatic carbocycles. The van der Waals surface area contributed by atoms with Crippen molar-refractivity contribution < 1.29 is 17.7 Å². The normalized spacial score (nSPS) is 16.5. The summed E-state index contributed by atoms with van der Waals surface area (Å²) < 4.78 is 31.2. The van der Waals surface area contributed by atoms with E-state index in [9.17, 15) is 18.5 Å². The van der Waals surface area contributed by atoms with Gasteiger partial charge in [0.15, 0.2) is 5.76 Å². The number of nitrogens with zero attached hydrogens (tertiary/aromatic N) is 4. The molecule has 0 radical (unpaired) electrons. The zero-order valence-corrected chi connectivity index (χ0v) is 23.8. The molecular weight excluding hydrogens is 526 g/mol. The summed E-state index contributed by atoms with van der Waals surface area (Å²) >= 11 is 0. The quantitative estimate of drug-likeness (QED) is 0.392. The minimum Gasteiger partial charge on any atom is -0.356 e. The number of amidine groups is 1. The lowest BCUT2D eigenvalue weighted by atomic mass is 9.95. The Morgan fingerprint density at radius 2 is 1.85 bits per heavy atom. The van der Waals surface area contributed by atoms with Gasteiger partial charge in [0.2, 0.25) is 10.0 Å². The molecule has 1 fully saturated rings. The first-order chi connectivity index (χ1) is 19.1. The Bertz CT molecular complexity index is 1660. The highest BCUT2D eigenvalue weighted by Crippen LogP contribution is 2.41. The van der Waals surface area contributed by atoms with Gasteiger partial charge in [-0.2, -0.15) is 5.26 Å². The fourth-order valence-electron chi connectivity index (χ4n) is 5.80. The smallest absolute Gasteiger partial charge is 0.256 e. The lowest BCUT2D eigenvalue weighted by Crippen LogP contribution is -2.40. The molecule has 0 atom stereocenters. The van der Waals surface area contributed by atoms with Crippen molar-refractivity contribution in [1.82, 2.24) is 10.1 Å². The van der Waals surface area contributed by atoms with Gasteiger partial charge in [-0.3, -0.25) is 14.7 Å². The van der Waals surface area contributed by atoms with Gasteiger partial charge in [-0.1, -0.05) is 55.6 Å². The van der Waals surface area contributed by atoms with Gasteiger partial charge in [0.05, 0.1) is 23.9 Å². The number of rotatable bonds is 8. The minimum atomic E-state index is -4.22. The molecule has 1 spiro atoms. The number of benzene rings is 2. The van der Waals surface area contributed by atoms with Crippen molar-refractivity contribution in [3.63, 3.8) is 0 Å². The molecule has 1 aromatic heterocycles. The number of primary sulfonamides is 1. The Hall–Kier alpha value is -3.81. The average Bonchev–Trinajstić information content (AvgIpc) is 3.61. The van der Waals surface area contributed by atoms with E-state index >= 15 is 0 Å². The third-order valence-corrected chi connectivity index (χ3v) is 9.03. The lowest BCUT2D eigenvalue weighted by molar-refractivity contribution is -0.131. The number of amides is 1. The zero-order chi connectivity index (χ0) is 28.7. The van der Waals surface area contributed by atoms with Gasteiger partial charge < -0.3 is 4.52 Å². The van der Waals surface area contributed by atoms with Crippen LogP contribution in [-0.2, 0) is 21.4 Å². The van der Waals surface area contributed by atoms with E-state index in [0.717, 1.165) is 56.3 Å². The summed E-state index contributed by atoms with van der Waals surface area (Å²) in [7, 11) is -4.22. The Kier molecular flexibility index (Phi) is 7.38. The minimum absolute atomic E-state index is 0.0422. The first kappa shape index (κ1) is 27.7. The third kappa shape index (κ3) is 4.84. The van der Waals surface area contributed by atoms with Crippen LogP contribution in [0.4, 0.5) is 0 Å².